The maximum atomic E-state index is 12.4. The van der Waals surface area contributed by atoms with Crippen LogP contribution in [0.15, 0.2) is 75.3 Å². The van der Waals surface area contributed by atoms with E-state index in [0.29, 0.717) is 23.6 Å². The van der Waals surface area contributed by atoms with Crippen LogP contribution in [0.25, 0.3) is 11.3 Å². The Bertz CT molecular complexity index is 1120. The minimum Gasteiger partial charge on any atom is -0.492 e. The van der Waals surface area contributed by atoms with Crippen molar-refractivity contribution in [3.8, 4) is 17.1 Å². The number of oxime groups is 1. The van der Waals surface area contributed by atoms with Crippen LogP contribution in [0.5, 0.6) is 5.75 Å². The number of nitrogens with zero attached hydrogens (tertiary/aromatic N) is 1. The van der Waals surface area contributed by atoms with E-state index in [-0.39, 0.29) is 10.8 Å². The molecule has 0 radical (unpaired) electrons. The first kappa shape index (κ1) is 18.3. The molecule has 0 aliphatic carbocycles. The number of rotatable bonds is 4. The van der Waals surface area contributed by atoms with Crippen LogP contribution in [-0.4, -0.2) is 20.7 Å². The van der Waals surface area contributed by atoms with E-state index in [0.717, 1.165) is 16.9 Å². The molecule has 0 amide bonds. The van der Waals surface area contributed by atoms with Gasteiger partial charge in [0.1, 0.15) is 16.4 Å². The van der Waals surface area contributed by atoms with Gasteiger partial charge in [-0.3, -0.25) is 4.28 Å². The van der Waals surface area contributed by atoms with Gasteiger partial charge in [0.25, 0.3) is 0 Å². The van der Waals surface area contributed by atoms with Crippen LogP contribution >= 0.6 is 0 Å². The molecule has 7 heteroatoms. The first-order valence-electron chi connectivity index (χ1n) is 8.83. The van der Waals surface area contributed by atoms with Gasteiger partial charge in [-0.1, -0.05) is 35.8 Å². The molecular formula is C21H19NO5S. The summed E-state index contributed by atoms with van der Waals surface area (Å²) < 4.78 is 41.1. The van der Waals surface area contributed by atoms with Crippen LogP contribution in [0, 0.1) is 12.8 Å². The van der Waals surface area contributed by atoms with Gasteiger partial charge in [-0.15, -0.1) is 0 Å². The predicted molar refractivity (Wildman–Crippen MR) is 105 cm³/mol. The molecule has 6 nitrogen and oxygen atoms in total. The maximum absolute atomic E-state index is 12.4. The average molecular weight is 397 g/mol. The van der Waals surface area contributed by atoms with Crippen molar-refractivity contribution < 1.29 is 21.9 Å². The normalized spacial score (nSPS) is 17.8. The summed E-state index contributed by atoms with van der Waals surface area (Å²) in [6.07, 6.45) is 1.61. The number of ether oxygens (including phenoxy) is 1. The summed E-state index contributed by atoms with van der Waals surface area (Å²) in [5.74, 6) is 1.22. The molecule has 0 N–H and O–H groups in total. The van der Waals surface area contributed by atoms with Crippen molar-refractivity contribution in [3.63, 3.8) is 0 Å². The van der Waals surface area contributed by atoms with Crippen LogP contribution in [0.1, 0.15) is 18.1 Å². The van der Waals surface area contributed by atoms with Gasteiger partial charge in [0.2, 0.25) is 0 Å². The molecule has 4 rings (SSSR count). The molecule has 0 saturated heterocycles. The molecule has 3 aromatic rings. The van der Waals surface area contributed by atoms with Crippen molar-refractivity contribution in [3.05, 3.63) is 72.0 Å². The number of fused-ring (bicyclic) bond motifs is 1. The second-order valence-corrected chi connectivity index (χ2v) is 8.25. The molecule has 0 fully saturated rings. The Morgan fingerprint density at radius 1 is 1.11 bits per heavy atom. The molecule has 1 aromatic heterocycles. The summed E-state index contributed by atoms with van der Waals surface area (Å²) in [4.78, 5) is 0.0653. The molecule has 0 bridgehead atoms. The lowest BCUT2D eigenvalue weighted by Crippen LogP contribution is -2.26. The highest BCUT2D eigenvalue weighted by atomic mass is 32.2. The van der Waals surface area contributed by atoms with E-state index >= 15 is 0 Å². The quantitative estimate of drug-likeness (QED) is 0.610. The lowest BCUT2D eigenvalue weighted by atomic mass is 9.94. The van der Waals surface area contributed by atoms with Crippen LogP contribution < -0.4 is 4.74 Å². The van der Waals surface area contributed by atoms with Gasteiger partial charge in [-0.2, -0.15) is 8.42 Å². The summed E-state index contributed by atoms with van der Waals surface area (Å²) in [6.45, 7) is 4.17. The van der Waals surface area contributed by atoms with Crippen LogP contribution in [0.3, 0.4) is 0 Å². The average Bonchev–Trinajstić information content (AvgIpc) is 3.22. The van der Waals surface area contributed by atoms with Gasteiger partial charge < -0.3 is 9.15 Å². The summed E-state index contributed by atoms with van der Waals surface area (Å²) in [7, 11) is -3.99. The topological polar surface area (TPSA) is 78.1 Å². The summed E-state index contributed by atoms with van der Waals surface area (Å²) in [6, 6.07) is 15.7. The van der Waals surface area contributed by atoms with Gasteiger partial charge in [0.05, 0.1) is 18.6 Å². The molecule has 1 atom stereocenters. The van der Waals surface area contributed by atoms with E-state index in [9.17, 15) is 8.42 Å². The molecule has 2 heterocycles. The number of hydrogen-bond acceptors (Lipinski definition) is 6. The smallest absolute Gasteiger partial charge is 0.358 e. The number of furan rings is 1. The first-order valence-corrected chi connectivity index (χ1v) is 10.2. The Hall–Kier alpha value is -3.06. The summed E-state index contributed by atoms with van der Waals surface area (Å²) >= 11 is 0. The lowest BCUT2D eigenvalue weighted by Gasteiger charge is -2.24. The van der Waals surface area contributed by atoms with Crippen molar-refractivity contribution in [2.24, 2.45) is 11.1 Å². The van der Waals surface area contributed by atoms with Gasteiger partial charge in [0.15, 0.2) is 0 Å². The molecule has 1 unspecified atom stereocenters. The molecule has 28 heavy (non-hydrogen) atoms. The van der Waals surface area contributed by atoms with E-state index < -0.39 is 10.1 Å². The van der Waals surface area contributed by atoms with E-state index in [1.165, 1.54) is 12.1 Å². The first-order chi connectivity index (χ1) is 13.4. The molecule has 0 saturated carbocycles. The van der Waals surface area contributed by atoms with Crippen molar-refractivity contribution in [2.45, 2.75) is 18.7 Å². The molecular weight excluding hydrogens is 378 g/mol. The summed E-state index contributed by atoms with van der Waals surface area (Å²) in [5.41, 5.74) is 3.06. The third-order valence-electron chi connectivity index (χ3n) is 4.56. The highest BCUT2D eigenvalue weighted by Crippen LogP contribution is 2.33. The Morgan fingerprint density at radius 3 is 2.61 bits per heavy atom. The van der Waals surface area contributed by atoms with Crippen molar-refractivity contribution in [2.75, 3.05) is 6.61 Å². The zero-order valence-corrected chi connectivity index (χ0v) is 16.3. The van der Waals surface area contributed by atoms with Crippen LogP contribution in [-0.2, 0) is 14.4 Å². The highest BCUT2D eigenvalue weighted by molar-refractivity contribution is 7.86. The fourth-order valence-electron chi connectivity index (χ4n) is 2.98. The van der Waals surface area contributed by atoms with Crippen molar-refractivity contribution in [1.82, 2.24) is 0 Å². The minimum atomic E-state index is -3.99. The molecule has 0 spiro atoms. The molecule has 1 aliphatic heterocycles. The Morgan fingerprint density at radius 2 is 1.89 bits per heavy atom. The monoisotopic (exact) mass is 397 g/mol. The van der Waals surface area contributed by atoms with Crippen molar-refractivity contribution in [1.29, 1.82) is 0 Å². The van der Waals surface area contributed by atoms with E-state index in [4.69, 9.17) is 13.4 Å². The van der Waals surface area contributed by atoms with Gasteiger partial charge >= 0.3 is 10.1 Å². The van der Waals surface area contributed by atoms with Crippen LogP contribution in [0.4, 0.5) is 0 Å². The lowest BCUT2D eigenvalue weighted by molar-refractivity contribution is 0.274. The number of hydrogen-bond donors (Lipinski definition) is 0. The number of aryl methyl sites for hydroxylation is 1. The Labute approximate surface area is 163 Å². The molecule has 144 valence electrons. The summed E-state index contributed by atoms with van der Waals surface area (Å²) in [5, 5.41) is 3.99. The molecule has 1 aliphatic rings. The van der Waals surface area contributed by atoms with E-state index in [1.807, 2.05) is 44.2 Å². The fourth-order valence-corrected chi connectivity index (χ4v) is 3.72. The van der Waals surface area contributed by atoms with E-state index in [2.05, 4.69) is 5.16 Å². The van der Waals surface area contributed by atoms with Crippen molar-refractivity contribution >= 4 is 15.8 Å². The van der Waals surface area contributed by atoms with Gasteiger partial charge in [-0.05, 0) is 43.3 Å². The zero-order chi connectivity index (χ0) is 19.7. The molecule has 2 aromatic carbocycles. The van der Waals surface area contributed by atoms with Gasteiger partial charge in [0, 0.05) is 17.0 Å². The maximum Gasteiger partial charge on any atom is 0.358 e. The second kappa shape index (κ2) is 7.16. The standard InChI is InChI=1S/C21H19NO5S/c1-14-5-8-17(9-6-14)28(23,24)27-22-21-15(2)13-26-20-12-16(7-10-18(20)21)19-4-3-11-25-19/h3-12,15H,13H2,1-2H3. The fraction of sp³-hybridized carbons (Fsp3) is 0.190. The highest BCUT2D eigenvalue weighted by Gasteiger charge is 2.26. The Kier molecular flexibility index (Phi) is 4.68. The van der Waals surface area contributed by atoms with Gasteiger partial charge in [-0.25, -0.2) is 0 Å². The Balaban J connectivity index is 1.65. The minimum absolute atomic E-state index is 0.0653. The third-order valence-corrected chi connectivity index (χ3v) is 5.68. The SMILES string of the molecule is Cc1ccc(S(=O)(=O)ON=C2c3ccc(-c4ccco4)cc3OCC2C)cc1. The van der Waals surface area contributed by atoms with Crippen LogP contribution in [0.2, 0.25) is 0 Å². The predicted octanol–water partition coefficient (Wildman–Crippen LogP) is 4.39. The largest absolute Gasteiger partial charge is 0.492 e. The third kappa shape index (κ3) is 3.53. The van der Waals surface area contributed by atoms with E-state index in [1.54, 1.807) is 18.4 Å². The number of benzene rings is 2. The zero-order valence-electron chi connectivity index (χ0n) is 15.5. The second-order valence-electron chi connectivity index (χ2n) is 6.72.